The van der Waals surface area contributed by atoms with E-state index in [1.165, 1.54) is 5.57 Å². The average molecular weight is 128 g/mol. The van der Waals surface area contributed by atoms with Crippen molar-refractivity contribution < 1.29 is 5.11 Å². The summed E-state index contributed by atoms with van der Waals surface area (Å²) >= 11 is 0. The van der Waals surface area contributed by atoms with Crippen molar-refractivity contribution in [2.45, 2.75) is 26.7 Å². The van der Waals surface area contributed by atoms with E-state index in [9.17, 15) is 0 Å². The fourth-order valence-electron chi connectivity index (χ4n) is 0.644. The van der Waals surface area contributed by atoms with E-state index >= 15 is 0 Å². The maximum atomic E-state index is 8.47. The molecule has 0 fully saturated rings. The first-order chi connectivity index (χ1) is 4.18. The van der Waals surface area contributed by atoms with Crippen LogP contribution in [-0.2, 0) is 0 Å². The van der Waals surface area contributed by atoms with E-state index in [0.717, 1.165) is 12.8 Å². The normalized spacial score (nSPS) is 13.2. The number of hydrogen-bond donors (Lipinski definition) is 1. The van der Waals surface area contributed by atoms with Gasteiger partial charge in [0.05, 0.1) is 0 Å². The van der Waals surface area contributed by atoms with Crippen LogP contribution < -0.4 is 0 Å². The quantitative estimate of drug-likeness (QED) is 0.574. The third-order valence-corrected chi connectivity index (χ3v) is 1.64. The standard InChI is InChI=1S/C8H16O/c1-7(2)8(3)5-4-6-9/h8-9H,1,4-6H2,2-3H3. The van der Waals surface area contributed by atoms with E-state index in [1.54, 1.807) is 0 Å². The lowest BCUT2D eigenvalue weighted by Crippen LogP contribution is -1.96. The predicted octanol–water partition coefficient (Wildman–Crippen LogP) is 1.97. The summed E-state index contributed by atoms with van der Waals surface area (Å²) in [6.07, 6.45) is 1.96. The SMILES string of the molecule is C=C(C)C(C)CCCO. The van der Waals surface area contributed by atoms with E-state index in [1.807, 2.05) is 6.92 Å². The third-order valence-electron chi connectivity index (χ3n) is 1.64. The minimum Gasteiger partial charge on any atom is -0.396 e. The van der Waals surface area contributed by atoms with Crippen LogP contribution in [-0.4, -0.2) is 11.7 Å². The summed E-state index contributed by atoms with van der Waals surface area (Å²) in [6, 6.07) is 0. The minimum atomic E-state index is 0.303. The van der Waals surface area contributed by atoms with Gasteiger partial charge in [-0.2, -0.15) is 0 Å². The van der Waals surface area contributed by atoms with Gasteiger partial charge < -0.3 is 5.11 Å². The maximum Gasteiger partial charge on any atom is 0.0431 e. The summed E-state index contributed by atoms with van der Waals surface area (Å²) in [6.45, 7) is 8.30. The molecule has 1 heteroatoms. The van der Waals surface area contributed by atoms with Gasteiger partial charge in [-0.05, 0) is 25.7 Å². The Labute approximate surface area is 57.4 Å². The Morgan fingerprint density at radius 3 is 2.56 bits per heavy atom. The molecule has 0 heterocycles. The summed E-state index contributed by atoms with van der Waals surface area (Å²) in [5.74, 6) is 0.567. The van der Waals surface area contributed by atoms with Crippen LogP contribution in [0.3, 0.4) is 0 Å². The summed E-state index contributed by atoms with van der Waals surface area (Å²) in [5, 5.41) is 8.47. The highest BCUT2D eigenvalue weighted by atomic mass is 16.2. The topological polar surface area (TPSA) is 20.2 Å². The first kappa shape index (κ1) is 8.70. The summed E-state index contributed by atoms with van der Waals surface area (Å²) in [5.41, 5.74) is 1.21. The maximum absolute atomic E-state index is 8.47. The van der Waals surface area contributed by atoms with Crippen LogP contribution in [0.15, 0.2) is 12.2 Å². The van der Waals surface area contributed by atoms with Gasteiger partial charge in [-0.25, -0.2) is 0 Å². The predicted molar refractivity (Wildman–Crippen MR) is 40.3 cm³/mol. The van der Waals surface area contributed by atoms with Gasteiger partial charge in [-0.1, -0.05) is 19.1 Å². The summed E-state index contributed by atoms with van der Waals surface area (Å²) in [4.78, 5) is 0. The molecule has 0 aliphatic heterocycles. The molecular formula is C8H16O. The molecule has 0 saturated carbocycles. The third kappa shape index (κ3) is 4.22. The molecule has 1 atom stereocenters. The van der Waals surface area contributed by atoms with E-state index < -0.39 is 0 Å². The minimum absolute atomic E-state index is 0.303. The van der Waals surface area contributed by atoms with E-state index in [2.05, 4.69) is 13.5 Å². The largest absolute Gasteiger partial charge is 0.396 e. The van der Waals surface area contributed by atoms with E-state index in [4.69, 9.17) is 5.11 Å². The zero-order valence-electron chi connectivity index (χ0n) is 6.35. The fraction of sp³-hybridized carbons (Fsp3) is 0.750. The molecule has 0 aromatic rings. The highest BCUT2D eigenvalue weighted by Gasteiger charge is 1.99. The van der Waals surface area contributed by atoms with Crippen LogP contribution in [0, 0.1) is 5.92 Å². The Hall–Kier alpha value is -0.300. The summed E-state index contributed by atoms with van der Waals surface area (Å²) in [7, 11) is 0. The number of rotatable bonds is 4. The van der Waals surface area contributed by atoms with Crippen molar-refractivity contribution in [3.63, 3.8) is 0 Å². The van der Waals surface area contributed by atoms with Crippen LogP contribution in [0.5, 0.6) is 0 Å². The van der Waals surface area contributed by atoms with Crippen molar-refractivity contribution in [2.75, 3.05) is 6.61 Å². The molecule has 0 spiro atoms. The Balaban J connectivity index is 3.27. The Kier molecular flexibility index (Phi) is 4.41. The Bertz CT molecular complexity index is 86.6. The highest BCUT2D eigenvalue weighted by molar-refractivity contribution is 4.93. The molecular weight excluding hydrogens is 112 g/mol. The molecule has 54 valence electrons. The molecule has 0 aromatic carbocycles. The van der Waals surface area contributed by atoms with Gasteiger partial charge in [0.15, 0.2) is 0 Å². The van der Waals surface area contributed by atoms with Crippen LogP contribution >= 0.6 is 0 Å². The van der Waals surface area contributed by atoms with Crippen molar-refractivity contribution in [2.24, 2.45) is 5.92 Å². The number of aliphatic hydroxyl groups excluding tert-OH is 1. The molecule has 0 bridgehead atoms. The zero-order valence-corrected chi connectivity index (χ0v) is 6.35. The first-order valence-corrected chi connectivity index (χ1v) is 3.44. The molecule has 1 nitrogen and oxygen atoms in total. The zero-order chi connectivity index (χ0) is 7.28. The van der Waals surface area contributed by atoms with Gasteiger partial charge in [0.25, 0.3) is 0 Å². The molecule has 0 aromatic heterocycles. The molecule has 1 N–H and O–H groups in total. The van der Waals surface area contributed by atoms with E-state index in [0.29, 0.717) is 12.5 Å². The van der Waals surface area contributed by atoms with Crippen LogP contribution in [0.25, 0.3) is 0 Å². The van der Waals surface area contributed by atoms with Crippen LogP contribution in [0.1, 0.15) is 26.7 Å². The first-order valence-electron chi connectivity index (χ1n) is 3.44. The molecule has 0 rings (SSSR count). The number of allylic oxidation sites excluding steroid dienone is 1. The summed E-state index contributed by atoms with van der Waals surface area (Å²) < 4.78 is 0. The van der Waals surface area contributed by atoms with Crippen molar-refractivity contribution in [3.8, 4) is 0 Å². The lowest BCUT2D eigenvalue weighted by Gasteiger charge is -2.08. The number of hydrogen-bond acceptors (Lipinski definition) is 1. The van der Waals surface area contributed by atoms with Crippen LogP contribution in [0.4, 0.5) is 0 Å². The highest BCUT2D eigenvalue weighted by Crippen LogP contribution is 2.12. The van der Waals surface area contributed by atoms with Gasteiger partial charge in [0, 0.05) is 6.61 Å². The molecule has 9 heavy (non-hydrogen) atoms. The molecule has 0 aliphatic rings. The average Bonchev–Trinajstić information content (AvgIpc) is 1.82. The van der Waals surface area contributed by atoms with Gasteiger partial charge in [-0.15, -0.1) is 0 Å². The molecule has 0 radical (unpaired) electrons. The van der Waals surface area contributed by atoms with Crippen molar-refractivity contribution in [1.29, 1.82) is 0 Å². The lowest BCUT2D eigenvalue weighted by molar-refractivity contribution is 0.278. The number of aliphatic hydroxyl groups is 1. The van der Waals surface area contributed by atoms with Gasteiger partial charge in [0.2, 0.25) is 0 Å². The van der Waals surface area contributed by atoms with Crippen molar-refractivity contribution in [1.82, 2.24) is 0 Å². The lowest BCUT2D eigenvalue weighted by atomic mass is 9.99. The molecule has 0 amide bonds. The van der Waals surface area contributed by atoms with Gasteiger partial charge in [0.1, 0.15) is 0 Å². The second kappa shape index (κ2) is 4.57. The van der Waals surface area contributed by atoms with Gasteiger partial charge in [-0.3, -0.25) is 0 Å². The molecule has 0 saturated heterocycles. The molecule has 0 aliphatic carbocycles. The van der Waals surface area contributed by atoms with Crippen LogP contribution in [0.2, 0.25) is 0 Å². The monoisotopic (exact) mass is 128 g/mol. The smallest absolute Gasteiger partial charge is 0.0431 e. The fourth-order valence-corrected chi connectivity index (χ4v) is 0.644. The van der Waals surface area contributed by atoms with Crippen molar-refractivity contribution >= 4 is 0 Å². The van der Waals surface area contributed by atoms with E-state index in [-0.39, 0.29) is 0 Å². The second-order valence-corrected chi connectivity index (χ2v) is 2.61. The second-order valence-electron chi connectivity index (χ2n) is 2.61. The van der Waals surface area contributed by atoms with Gasteiger partial charge >= 0.3 is 0 Å². The molecule has 1 unspecified atom stereocenters. The Morgan fingerprint density at radius 2 is 2.22 bits per heavy atom. The Morgan fingerprint density at radius 1 is 1.67 bits per heavy atom. The van der Waals surface area contributed by atoms with Crippen molar-refractivity contribution in [3.05, 3.63) is 12.2 Å².